The van der Waals surface area contributed by atoms with E-state index in [-0.39, 0.29) is 42.6 Å². The molecule has 1 aromatic carbocycles. The van der Waals surface area contributed by atoms with Crippen molar-refractivity contribution in [1.82, 2.24) is 24.6 Å². The fourth-order valence-electron chi connectivity index (χ4n) is 2.54. The number of imidazole rings is 1. The Kier molecular flexibility index (Phi) is 5.69. The molecule has 0 saturated heterocycles. The van der Waals surface area contributed by atoms with Crippen molar-refractivity contribution in [3.8, 4) is 11.5 Å². The van der Waals surface area contributed by atoms with Gasteiger partial charge in [-0.3, -0.25) is 4.79 Å². The lowest BCUT2D eigenvalue weighted by Crippen LogP contribution is -2.38. The summed E-state index contributed by atoms with van der Waals surface area (Å²) < 4.78 is 7.02. The second-order valence-electron chi connectivity index (χ2n) is 6.26. The topological polar surface area (TPSA) is 120 Å². The normalized spacial score (nSPS) is 11.0. The number of carbonyl (C=O) groups excluding carboxylic acids is 1. The lowest BCUT2D eigenvalue weighted by Gasteiger charge is -2.25. The number of hydrogen-bond acceptors (Lipinski definition) is 7. The molecule has 0 N–H and O–H groups in total. The average Bonchev–Trinajstić information content (AvgIpc) is 3.29. The van der Waals surface area contributed by atoms with Crippen molar-refractivity contribution >= 4 is 23.3 Å². The van der Waals surface area contributed by atoms with Crippen LogP contribution in [0.4, 0.5) is 5.82 Å². The zero-order chi connectivity index (χ0) is 20.3. The summed E-state index contributed by atoms with van der Waals surface area (Å²) >= 11 is 6.14. The number of rotatable bonds is 7. The lowest BCUT2D eigenvalue weighted by atomic mass is 10.2. The number of nitrogens with zero attached hydrogens (tertiary/aromatic N) is 6. The van der Waals surface area contributed by atoms with Gasteiger partial charge in [-0.15, -0.1) is 10.2 Å². The first-order chi connectivity index (χ1) is 13.3. The molecule has 0 saturated carbocycles. The number of hydrogen-bond donors (Lipinski definition) is 0. The van der Waals surface area contributed by atoms with Gasteiger partial charge in [0.1, 0.15) is 12.7 Å². The molecule has 1 amide bonds. The smallest absolute Gasteiger partial charge is 0.381 e. The Hall–Kier alpha value is -3.27. The van der Waals surface area contributed by atoms with Crippen LogP contribution in [0.5, 0.6) is 0 Å². The molecule has 2 heterocycles. The minimum atomic E-state index is -0.615. The number of nitro groups is 1. The summed E-state index contributed by atoms with van der Waals surface area (Å²) in [5.41, 5.74) is 0.607. The average molecular weight is 405 g/mol. The van der Waals surface area contributed by atoms with Gasteiger partial charge in [0, 0.05) is 6.04 Å². The maximum Gasteiger partial charge on any atom is 0.381 e. The summed E-state index contributed by atoms with van der Waals surface area (Å²) in [6.07, 6.45) is 2.45. The molecule has 11 heteroatoms. The van der Waals surface area contributed by atoms with Gasteiger partial charge >= 0.3 is 5.82 Å². The molecule has 146 valence electrons. The van der Waals surface area contributed by atoms with Crippen LogP contribution in [0.3, 0.4) is 0 Å². The Morgan fingerprint density at radius 2 is 2.11 bits per heavy atom. The van der Waals surface area contributed by atoms with Gasteiger partial charge in [-0.1, -0.05) is 23.7 Å². The summed E-state index contributed by atoms with van der Waals surface area (Å²) in [5, 5.41) is 19.2. The number of benzene rings is 1. The Morgan fingerprint density at radius 1 is 1.36 bits per heavy atom. The molecule has 10 nitrogen and oxygen atoms in total. The largest absolute Gasteiger partial charge is 0.419 e. The third-order valence-corrected chi connectivity index (χ3v) is 4.27. The van der Waals surface area contributed by atoms with E-state index in [9.17, 15) is 14.9 Å². The van der Waals surface area contributed by atoms with E-state index in [1.807, 2.05) is 13.8 Å². The SMILES string of the molecule is CC(C)N(Cc1nnc(-c2ccccc2Cl)o1)C(=O)Cn1cnc([N+](=O)[O-])c1. The molecule has 0 fully saturated rings. The van der Waals surface area contributed by atoms with Crippen molar-refractivity contribution in [2.45, 2.75) is 33.0 Å². The van der Waals surface area contributed by atoms with Crippen LogP contribution in [0.25, 0.3) is 11.5 Å². The highest BCUT2D eigenvalue weighted by atomic mass is 35.5. The monoisotopic (exact) mass is 404 g/mol. The van der Waals surface area contributed by atoms with Gasteiger partial charge in [0.05, 0.1) is 17.1 Å². The molecule has 2 aromatic heterocycles. The summed E-state index contributed by atoms with van der Waals surface area (Å²) in [5.74, 6) is -0.0551. The van der Waals surface area contributed by atoms with Crippen LogP contribution >= 0.6 is 11.6 Å². The third kappa shape index (κ3) is 4.34. The molecule has 0 aliphatic rings. The molecule has 0 radical (unpaired) electrons. The fraction of sp³-hybridized carbons (Fsp3) is 0.294. The van der Waals surface area contributed by atoms with Gasteiger partial charge in [0.2, 0.25) is 24.0 Å². The number of carbonyl (C=O) groups is 1. The molecule has 28 heavy (non-hydrogen) atoms. The van der Waals surface area contributed by atoms with Crippen molar-refractivity contribution < 1.29 is 14.1 Å². The quantitative estimate of drug-likeness (QED) is 0.438. The first kappa shape index (κ1) is 19.5. The predicted molar refractivity (Wildman–Crippen MR) is 99.3 cm³/mol. The first-order valence-corrected chi connectivity index (χ1v) is 8.76. The Bertz CT molecular complexity index is 999. The van der Waals surface area contributed by atoms with Crippen LogP contribution in [0.2, 0.25) is 5.02 Å². The Balaban J connectivity index is 1.73. The maximum atomic E-state index is 12.7. The zero-order valence-corrected chi connectivity index (χ0v) is 15.9. The van der Waals surface area contributed by atoms with E-state index < -0.39 is 4.92 Å². The van der Waals surface area contributed by atoms with Crippen LogP contribution < -0.4 is 0 Å². The molecule has 0 aliphatic heterocycles. The molecular formula is C17H17ClN6O4. The minimum absolute atomic E-state index is 0.0927. The van der Waals surface area contributed by atoms with Gasteiger partial charge < -0.3 is 24.0 Å². The van der Waals surface area contributed by atoms with Crippen molar-refractivity contribution in [3.05, 3.63) is 57.8 Å². The first-order valence-electron chi connectivity index (χ1n) is 8.38. The highest BCUT2D eigenvalue weighted by Gasteiger charge is 2.22. The summed E-state index contributed by atoms with van der Waals surface area (Å²) in [6, 6.07) is 6.93. The minimum Gasteiger partial charge on any atom is -0.419 e. The van der Waals surface area contributed by atoms with Crippen LogP contribution in [-0.2, 0) is 17.9 Å². The second kappa shape index (κ2) is 8.17. The van der Waals surface area contributed by atoms with E-state index in [1.165, 1.54) is 22.0 Å². The Labute approximate surface area is 164 Å². The maximum absolute atomic E-state index is 12.7. The van der Waals surface area contributed by atoms with Crippen molar-refractivity contribution in [1.29, 1.82) is 0 Å². The summed E-state index contributed by atoms with van der Waals surface area (Å²) in [6.45, 7) is 3.70. The molecule has 0 spiro atoms. The van der Waals surface area contributed by atoms with E-state index in [4.69, 9.17) is 16.0 Å². The van der Waals surface area contributed by atoms with Gasteiger partial charge in [-0.2, -0.15) is 0 Å². The van der Waals surface area contributed by atoms with E-state index in [1.54, 1.807) is 24.3 Å². The van der Waals surface area contributed by atoms with Crippen LogP contribution in [-0.4, -0.2) is 41.5 Å². The number of aromatic nitrogens is 4. The Morgan fingerprint density at radius 3 is 2.75 bits per heavy atom. The van der Waals surface area contributed by atoms with Gasteiger partial charge in [0.15, 0.2) is 0 Å². The summed E-state index contributed by atoms with van der Waals surface area (Å²) in [4.78, 5) is 28.0. The number of amides is 1. The standard InChI is InChI=1S/C17H17ClN6O4/c1-11(2)23(16(25)9-22-7-14(19-10-22)24(26)27)8-15-20-21-17(28-15)12-5-3-4-6-13(12)18/h3-7,10-11H,8-9H2,1-2H3. The molecule has 3 rings (SSSR count). The van der Waals surface area contributed by atoms with Crippen LogP contribution in [0, 0.1) is 10.1 Å². The van der Waals surface area contributed by atoms with Crippen molar-refractivity contribution in [2.24, 2.45) is 0 Å². The van der Waals surface area contributed by atoms with Crippen LogP contribution in [0.15, 0.2) is 41.2 Å². The fourth-order valence-corrected chi connectivity index (χ4v) is 2.76. The molecule has 3 aromatic rings. The lowest BCUT2D eigenvalue weighted by molar-refractivity contribution is -0.389. The third-order valence-electron chi connectivity index (χ3n) is 3.94. The summed E-state index contributed by atoms with van der Waals surface area (Å²) in [7, 11) is 0. The molecule has 0 atom stereocenters. The van der Waals surface area contributed by atoms with Crippen LogP contribution in [0.1, 0.15) is 19.7 Å². The highest BCUT2D eigenvalue weighted by Crippen LogP contribution is 2.26. The zero-order valence-electron chi connectivity index (χ0n) is 15.1. The van der Waals surface area contributed by atoms with E-state index in [0.717, 1.165) is 0 Å². The molecule has 0 aliphatic carbocycles. The van der Waals surface area contributed by atoms with E-state index in [2.05, 4.69) is 15.2 Å². The van der Waals surface area contributed by atoms with Crippen molar-refractivity contribution in [3.63, 3.8) is 0 Å². The van der Waals surface area contributed by atoms with Gasteiger partial charge in [-0.05, 0) is 35.9 Å². The van der Waals surface area contributed by atoms with Gasteiger partial charge in [-0.25, -0.2) is 0 Å². The highest BCUT2D eigenvalue weighted by molar-refractivity contribution is 6.33. The molecule has 0 bridgehead atoms. The van der Waals surface area contributed by atoms with Gasteiger partial charge in [0.25, 0.3) is 0 Å². The molecule has 0 unspecified atom stereocenters. The van der Waals surface area contributed by atoms with E-state index in [0.29, 0.717) is 10.6 Å². The second-order valence-corrected chi connectivity index (χ2v) is 6.66. The van der Waals surface area contributed by atoms with Crippen molar-refractivity contribution in [2.75, 3.05) is 0 Å². The number of halogens is 1. The van der Waals surface area contributed by atoms with E-state index >= 15 is 0 Å². The predicted octanol–water partition coefficient (Wildman–Crippen LogP) is 2.93. The molecular weight excluding hydrogens is 388 g/mol.